The van der Waals surface area contributed by atoms with Gasteiger partial charge < -0.3 is 9.34 Å². The van der Waals surface area contributed by atoms with Crippen molar-refractivity contribution in [2.45, 2.75) is 429 Å². The summed E-state index contributed by atoms with van der Waals surface area (Å²) in [6.07, 6.45) is 13.4. The molecule has 1 atom stereocenters. The Kier molecular flexibility index (Phi) is 72.4. The maximum atomic E-state index is 12.9. The molecule has 6 aromatic carbocycles. The summed E-state index contributed by atoms with van der Waals surface area (Å²) in [5.74, 6) is 1.90. The molecule has 0 amide bonds. The molecule has 0 spiro atoms. The zero-order chi connectivity index (χ0) is 111. The van der Waals surface area contributed by atoms with Crippen molar-refractivity contribution in [2.24, 2.45) is 0 Å². The molecule has 0 bridgehead atoms. The lowest BCUT2D eigenvalue weighted by Crippen LogP contribution is -2.41. The maximum Gasteiger partial charge on any atom is 0.416 e. The first-order chi connectivity index (χ1) is 68.1. The SMILES string of the molecule is CC(C)(C)P(Cl)Cl.CC(C)N(C(C)C)P(Cl)N(C(C)C)C(C)C.CC(C)P(Cl)C(C)C.CC(C)c1cccc(C(C)C)c1N1CCN(c2c(C(C)C)cccc2C(C)C)P1Cl.CCN(CC)P(Cl)N(CC)CC.CCP(Cl)CC.Cc1cc(P(Cl)c2cc(C(F)(F)F)cc(C(F)(F)F)c2)cc(C(F)(F)F)c1.ClP(C1CCCC1)C1CCCC1.ClP(C1CCCCC1)C1CCCCC1.ClP(c1ccccc1)c1ccccc1. The third-order valence-corrected chi connectivity index (χ3v) is 59.6. The number of rotatable bonds is 30. The van der Waals surface area contributed by atoms with E-state index >= 15 is 0 Å². The zero-order valence-electron chi connectivity index (χ0n) is 92.9. The molecule has 6 nitrogen and oxygen atoms in total. The molecule has 1 saturated heterocycles. The van der Waals surface area contributed by atoms with Crippen molar-refractivity contribution in [1.29, 1.82) is 0 Å². The van der Waals surface area contributed by atoms with Gasteiger partial charge in [0.25, 0.3) is 0 Å². The quantitative estimate of drug-likeness (QED) is 0.0328. The molecular formula is C110H178Cl11F9N6P10. The summed E-state index contributed by atoms with van der Waals surface area (Å²) in [6.45, 7) is 70.4. The molecule has 6 aromatic rings. The van der Waals surface area contributed by atoms with Crippen LogP contribution in [0.5, 0.6) is 0 Å². The molecule has 838 valence electrons. The number of alkyl halides is 9. The normalized spacial score (nSPS) is 15.8. The molecule has 5 aliphatic rings. The van der Waals surface area contributed by atoms with Crippen molar-refractivity contribution in [3.05, 3.63) is 178 Å². The van der Waals surface area contributed by atoms with E-state index in [1.165, 1.54) is 173 Å². The van der Waals surface area contributed by atoms with Gasteiger partial charge in [-0.3, -0.25) is 18.7 Å². The van der Waals surface area contributed by atoms with Crippen LogP contribution in [-0.4, -0.2) is 134 Å². The Morgan fingerprint density at radius 1 is 0.342 bits per heavy atom. The number of hydrogen-bond acceptors (Lipinski definition) is 6. The van der Waals surface area contributed by atoms with E-state index in [-0.39, 0.29) is 51.2 Å². The standard InChI is InChI=1S/C26H38ClN2P.C16H9ClF9P.C12H28ClN2P.C12H22ClP.C12H10ClP.C10H18ClP.C8H20ClN2P.C6H14ClP.C4H9Cl2P.C4H10ClP/c1-17(2)21-11-9-12-22(18(3)4)25(21)28-15-16-29(30(28)27)26-23(19(5)6)13-10-14-24(26)20(7)8;1-8-2-9(14(18,19)20)5-12(3-8)27(17)13-6-10(15(21,22)23)4-11(7-13)16(24,25)26;1-9(2)14(10(3)4)16(13)15(11(5)6)12(7)8;2*13-14(11-7-3-1-4-8-11)12-9-5-2-6-10-12;11-12(9-5-1-2-6-9)10-7-3-4-8-10;1-5-10(6-2)12(9)11(7-3)8-4;1-5(2)8(7)6(3)4;1-4(2,3)7(5)6;1-3-6(5)4-2/h9-14,17-20H,15-16H2,1-8H3;2-7H,1H3;9-12H,1-8H3;11-12H,1-10H2;1-10H;9-10H,1-8H2;5-8H2,1-4H3;5-6H,1-4H3;1-3H3;3-4H2,1-2H3. The van der Waals surface area contributed by atoms with Crippen LogP contribution in [0.1, 0.15) is 385 Å². The summed E-state index contributed by atoms with van der Waals surface area (Å²) < 4.78 is 131. The van der Waals surface area contributed by atoms with Gasteiger partial charge in [-0.1, -0.05) is 425 Å². The maximum absolute atomic E-state index is 12.9. The molecule has 0 N–H and O–H groups in total. The van der Waals surface area contributed by atoms with Gasteiger partial charge in [0, 0.05) is 80.0 Å². The second kappa shape index (κ2) is 73.5. The molecule has 4 saturated carbocycles. The molecule has 1 unspecified atom stereocenters. The van der Waals surface area contributed by atoms with Crippen LogP contribution in [0.15, 0.2) is 133 Å². The number of hydrogen-bond donors (Lipinski definition) is 0. The molecule has 5 fully saturated rings. The van der Waals surface area contributed by atoms with Gasteiger partial charge in [0.2, 0.25) is 0 Å². The van der Waals surface area contributed by atoms with Gasteiger partial charge in [-0.2, -0.15) is 39.5 Å². The Morgan fingerprint density at radius 2 is 0.596 bits per heavy atom. The Balaban J connectivity index is 0.000000570. The van der Waals surface area contributed by atoms with E-state index in [1.54, 1.807) is 0 Å². The fraction of sp³-hybridized carbons (Fsp3) is 0.673. The van der Waals surface area contributed by atoms with Gasteiger partial charge in [0.15, 0.2) is 7.58 Å². The highest BCUT2D eigenvalue weighted by molar-refractivity contribution is 8.04. The van der Waals surface area contributed by atoms with Crippen molar-refractivity contribution in [3.8, 4) is 0 Å². The van der Waals surface area contributed by atoms with Gasteiger partial charge in [-0.05, 0) is 303 Å². The summed E-state index contributed by atoms with van der Waals surface area (Å²) in [5, 5.41) is 1.75. The molecule has 36 heteroatoms. The third-order valence-electron chi connectivity index (χ3n) is 25.3. The average molecular weight is 2460 g/mol. The summed E-state index contributed by atoms with van der Waals surface area (Å²) in [7, 11) is -5.95. The first-order valence-corrected chi connectivity index (χ1v) is 76.5. The van der Waals surface area contributed by atoms with E-state index in [0.29, 0.717) is 77.4 Å². The minimum Gasteiger partial charge on any atom is -0.319 e. The highest BCUT2D eigenvalue weighted by Crippen LogP contribution is 2.65. The number of halogens is 20. The van der Waals surface area contributed by atoms with Crippen LogP contribution < -0.4 is 30.6 Å². The van der Waals surface area contributed by atoms with Crippen molar-refractivity contribution in [3.63, 3.8) is 0 Å². The van der Waals surface area contributed by atoms with E-state index in [4.69, 9.17) is 124 Å². The van der Waals surface area contributed by atoms with Crippen LogP contribution in [-0.2, 0) is 18.5 Å². The van der Waals surface area contributed by atoms with E-state index in [2.05, 4.69) is 269 Å². The monoisotopic (exact) mass is 2450 g/mol. The predicted octanol–water partition coefficient (Wildman–Crippen LogP) is 46.2. The number of aryl methyl sites for hydroxylation is 1. The fourth-order valence-corrected chi connectivity index (χ4v) is 38.9. The summed E-state index contributed by atoms with van der Waals surface area (Å²) in [6, 6.07) is 39.3. The minimum absolute atomic E-state index is 0.0685. The lowest BCUT2D eigenvalue weighted by Gasteiger charge is -2.43. The molecule has 146 heavy (non-hydrogen) atoms. The molecule has 1 heterocycles. The number of para-hydroxylation sites is 2. The summed E-state index contributed by atoms with van der Waals surface area (Å²) >= 11 is 69.0. The zero-order valence-corrected chi connectivity index (χ0v) is 110. The Labute approximate surface area is 946 Å². The fourth-order valence-electron chi connectivity index (χ4n) is 17.5. The second-order valence-electron chi connectivity index (χ2n) is 41.3. The van der Waals surface area contributed by atoms with Gasteiger partial charge in [-0.15, -0.1) is 0 Å². The van der Waals surface area contributed by atoms with Gasteiger partial charge >= 0.3 is 18.5 Å². The molecule has 4 aliphatic carbocycles. The molecule has 1 aliphatic heterocycles. The average Bonchev–Trinajstić information content (AvgIpc) is 1.59. The van der Waals surface area contributed by atoms with Crippen molar-refractivity contribution >= 4 is 229 Å². The van der Waals surface area contributed by atoms with Crippen LogP contribution >= 0.6 is 197 Å². The molecular weight excluding hydrogens is 2280 g/mol. The van der Waals surface area contributed by atoms with Crippen molar-refractivity contribution in [1.82, 2.24) is 18.7 Å². The van der Waals surface area contributed by atoms with Crippen LogP contribution in [0.4, 0.5) is 50.9 Å². The lowest BCUT2D eigenvalue weighted by molar-refractivity contribution is -0.143. The lowest BCUT2D eigenvalue weighted by atomic mass is 9.92. The van der Waals surface area contributed by atoms with Crippen LogP contribution in [0, 0.1) is 6.92 Å². The first-order valence-electron chi connectivity index (χ1n) is 52.7. The highest BCUT2D eigenvalue weighted by atomic mass is 35.9. The van der Waals surface area contributed by atoms with Crippen LogP contribution in [0.2, 0.25) is 0 Å². The van der Waals surface area contributed by atoms with E-state index in [1.807, 2.05) is 57.2 Å². The molecule has 11 rings (SSSR count). The second-order valence-corrected chi connectivity index (χ2v) is 72.2. The van der Waals surface area contributed by atoms with E-state index in [0.717, 1.165) is 80.3 Å². The largest absolute Gasteiger partial charge is 0.416 e. The predicted molar refractivity (Wildman–Crippen MR) is 661 cm³/mol. The van der Waals surface area contributed by atoms with Crippen LogP contribution in [0.3, 0.4) is 0 Å². The molecule has 0 radical (unpaired) electrons. The Morgan fingerprint density at radius 3 is 0.815 bits per heavy atom. The minimum atomic E-state index is -5.08. The topological polar surface area (TPSA) is 19.4 Å². The summed E-state index contributed by atoms with van der Waals surface area (Å²) in [5.41, 5.74) is 9.33. The van der Waals surface area contributed by atoms with Gasteiger partial charge in [-0.25, -0.2) is 0 Å². The summed E-state index contributed by atoms with van der Waals surface area (Å²) in [4.78, 5) is 0. The number of nitrogens with zero attached hydrogens (tertiary/aromatic N) is 6. The number of anilines is 2. The smallest absolute Gasteiger partial charge is 0.319 e. The van der Waals surface area contributed by atoms with E-state index in [9.17, 15) is 39.5 Å². The van der Waals surface area contributed by atoms with Gasteiger partial charge in [0.05, 0.1) is 37.9 Å². The highest BCUT2D eigenvalue weighted by Gasteiger charge is 2.42. The Bertz CT molecular complexity index is 4160. The molecule has 0 aromatic heterocycles. The van der Waals surface area contributed by atoms with Crippen LogP contribution in [0.25, 0.3) is 0 Å². The first kappa shape index (κ1) is 144. The van der Waals surface area contributed by atoms with Gasteiger partial charge in [0.1, 0.15) is 15.2 Å². The Hall–Kier alpha value is 1.62. The third kappa shape index (κ3) is 50.9. The number of benzene rings is 6. The van der Waals surface area contributed by atoms with E-state index < -0.39 is 84.4 Å². The van der Waals surface area contributed by atoms with Crippen molar-refractivity contribution < 1.29 is 39.5 Å². The van der Waals surface area contributed by atoms with Crippen molar-refractivity contribution in [2.75, 3.05) is 60.9 Å².